The first-order valence-corrected chi connectivity index (χ1v) is 14.0. The smallest absolute Gasteiger partial charge is 0.312 e. The van der Waals surface area contributed by atoms with E-state index in [1.807, 2.05) is 0 Å². The van der Waals surface area contributed by atoms with E-state index in [2.05, 4.69) is 30.6 Å². The summed E-state index contributed by atoms with van der Waals surface area (Å²) in [5.41, 5.74) is -0.0341. The van der Waals surface area contributed by atoms with Crippen molar-refractivity contribution in [2.75, 3.05) is 0 Å². The summed E-state index contributed by atoms with van der Waals surface area (Å²) >= 11 is 0. The number of unbranched alkanes of at least 4 members (excludes halogenated alkanes) is 15. The van der Waals surface area contributed by atoms with E-state index in [0.717, 1.165) is 38.5 Å². The summed E-state index contributed by atoms with van der Waals surface area (Å²) < 4.78 is 5.16. The molecule has 0 unspecified atom stereocenters. The van der Waals surface area contributed by atoms with Gasteiger partial charge in [-0.25, -0.2) is 0 Å². The van der Waals surface area contributed by atoms with Crippen LogP contribution in [0, 0.1) is 33.8 Å². The molecule has 1 aromatic rings. The van der Waals surface area contributed by atoms with Crippen molar-refractivity contribution in [2.24, 2.45) is 0 Å². The molecule has 0 aromatic heterocycles. The second-order valence-electron chi connectivity index (χ2n) is 9.28. The van der Waals surface area contributed by atoms with Gasteiger partial charge >= 0.3 is 5.97 Å². The van der Waals surface area contributed by atoms with Gasteiger partial charge in [0.2, 0.25) is 0 Å². The molecule has 1 rings (SSSR count). The van der Waals surface area contributed by atoms with Gasteiger partial charge in [0.05, 0.1) is 11.3 Å². The molecule has 5 heteroatoms. The summed E-state index contributed by atoms with van der Waals surface area (Å²) in [6, 6.07) is 5.47. The zero-order valence-corrected chi connectivity index (χ0v) is 22.3. The Morgan fingerprint density at radius 2 is 1.11 bits per heavy atom. The first-order valence-electron chi connectivity index (χ1n) is 14.0. The van der Waals surface area contributed by atoms with Crippen molar-refractivity contribution in [1.82, 2.24) is 0 Å². The molecule has 0 aliphatic heterocycles. The molecular formula is C31H45NO4. The minimum Gasteiger partial charge on any atom is -0.426 e. The third kappa shape index (κ3) is 18.5. The van der Waals surface area contributed by atoms with Gasteiger partial charge in [0.15, 0.2) is 0 Å². The molecule has 0 spiro atoms. The standard InChI is InChI=1S/C31H45NO4/c1-2-3-4-5-6-7-8-9-10-11-12-13-14-15-16-17-18-19-20-21-22-23-24-31(33)36-30-27-25-29(26-28-30)32(34)35/h25-28H,2-12,15-20,23-24H2,1H3. The van der Waals surface area contributed by atoms with Gasteiger partial charge in [-0.2, -0.15) is 0 Å². The first-order chi connectivity index (χ1) is 17.6. The van der Waals surface area contributed by atoms with E-state index in [4.69, 9.17) is 4.74 Å². The molecule has 0 heterocycles. The summed E-state index contributed by atoms with van der Waals surface area (Å²) in [7, 11) is 0. The summed E-state index contributed by atoms with van der Waals surface area (Å²) in [6.07, 6.45) is 21.9. The topological polar surface area (TPSA) is 69.4 Å². The van der Waals surface area contributed by atoms with Gasteiger partial charge in [0, 0.05) is 37.8 Å². The summed E-state index contributed by atoms with van der Waals surface area (Å²) in [5, 5.41) is 10.6. The summed E-state index contributed by atoms with van der Waals surface area (Å²) in [5.74, 6) is 12.7. The van der Waals surface area contributed by atoms with Crippen molar-refractivity contribution in [3.8, 4) is 29.4 Å². The number of benzene rings is 1. The quantitative estimate of drug-likeness (QED) is 0.0479. The number of hydrogen-bond donors (Lipinski definition) is 0. The zero-order valence-electron chi connectivity index (χ0n) is 22.3. The molecule has 0 N–H and O–H groups in total. The highest BCUT2D eigenvalue weighted by atomic mass is 16.6. The Labute approximate surface area is 218 Å². The fourth-order valence-electron chi connectivity index (χ4n) is 3.82. The highest BCUT2D eigenvalue weighted by Gasteiger charge is 2.07. The Morgan fingerprint density at radius 3 is 1.56 bits per heavy atom. The van der Waals surface area contributed by atoms with Crippen LogP contribution in [0.25, 0.3) is 0 Å². The van der Waals surface area contributed by atoms with Gasteiger partial charge < -0.3 is 4.74 Å². The van der Waals surface area contributed by atoms with E-state index in [1.54, 1.807) is 0 Å². The van der Waals surface area contributed by atoms with Gasteiger partial charge in [-0.15, -0.1) is 23.7 Å². The number of nitro benzene ring substituents is 1. The second-order valence-corrected chi connectivity index (χ2v) is 9.28. The number of carbonyl (C=O) groups is 1. The fourth-order valence-corrected chi connectivity index (χ4v) is 3.82. The number of rotatable bonds is 19. The lowest BCUT2D eigenvalue weighted by molar-refractivity contribution is -0.384. The van der Waals surface area contributed by atoms with Crippen LogP contribution >= 0.6 is 0 Å². The van der Waals surface area contributed by atoms with Crippen LogP contribution in [0.2, 0.25) is 0 Å². The van der Waals surface area contributed by atoms with Gasteiger partial charge in [-0.1, -0.05) is 77.6 Å². The SMILES string of the molecule is CCCCCCCCCCCCC#CCCCCCCC#CCCC(=O)Oc1ccc([N+](=O)[O-])cc1. The van der Waals surface area contributed by atoms with Gasteiger partial charge in [0.25, 0.3) is 5.69 Å². The number of hydrogen-bond acceptors (Lipinski definition) is 4. The third-order valence-corrected chi connectivity index (χ3v) is 5.99. The number of nitrogens with zero attached hydrogens (tertiary/aromatic N) is 1. The normalized spacial score (nSPS) is 10.1. The molecule has 0 aliphatic carbocycles. The van der Waals surface area contributed by atoms with Crippen LogP contribution in [-0.4, -0.2) is 10.9 Å². The molecule has 36 heavy (non-hydrogen) atoms. The molecule has 0 bridgehead atoms. The lowest BCUT2D eigenvalue weighted by atomic mass is 10.1. The van der Waals surface area contributed by atoms with Crippen LogP contribution in [-0.2, 0) is 4.79 Å². The maximum atomic E-state index is 11.8. The molecule has 1 aromatic carbocycles. The molecule has 0 amide bonds. The van der Waals surface area contributed by atoms with Crippen molar-refractivity contribution in [2.45, 2.75) is 129 Å². The number of non-ortho nitro benzene ring substituents is 1. The highest BCUT2D eigenvalue weighted by molar-refractivity contribution is 5.72. The summed E-state index contributed by atoms with van der Waals surface area (Å²) in [6.45, 7) is 2.27. The molecule has 0 fully saturated rings. The maximum Gasteiger partial charge on any atom is 0.312 e. The van der Waals surface area contributed by atoms with Crippen LogP contribution in [0.1, 0.15) is 129 Å². The van der Waals surface area contributed by atoms with Crippen LogP contribution in [0.4, 0.5) is 5.69 Å². The van der Waals surface area contributed by atoms with E-state index in [-0.39, 0.29) is 18.1 Å². The predicted octanol–water partition coefficient (Wildman–Crippen LogP) is 8.94. The second kappa shape index (κ2) is 22.7. The minimum atomic E-state index is -0.490. The van der Waals surface area contributed by atoms with Gasteiger partial charge in [0.1, 0.15) is 5.75 Å². The molecule has 0 saturated carbocycles. The van der Waals surface area contributed by atoms with Gasteiger partial charge in [-0.3, -0.25) is 14.9 Å². The van der Waals surface area contributed by atoms with E-state index >= 15 is 0 Å². The molecular weight excluding hydrogens is 450 g/mol. The Bertz CT molecular complexity index is 839. The number of ether oxygens (including phenoxy) is 1. The van der Waals surface area contributed by atoms with Crippen LogP contribution in [0.3, 0.4) is 0 Å². The monoisotopic (exact) mass is 495 g/mol. The average Bonchev–Trinajstić information content (AvgIpc) is 2.87. The summed E-state index contributed by atoms with van der Waals surface area (Å²) in [4.78, 5) is 21.9. The lowest BCUT2D eigenvalue weighted by Crippen LogP contribution is -2.07. The molecule has 0 aliphatic rings. The van der Waals surface area contributed by atoms with Crippen molar-refractivity contribution in [1.29, 1.82) is 0 Å². The van der Waals surface area contributed by atoms with Gasteiger partial charge in [-0.05, 0) is 31.4 Å². The lowest BCUT2D eigenvalue weighted by Gasteiger charge is -2.02. The maximum absolute atomic E-state index is 11.8. The van der Waals surface area contributed by atoms with E-state index < -0.39 is 4.92 Å². The van der Waals surface area contributed by atoms with Crippen molar-refractivity contribution < 1.29 is 14.5 Å². The van der Waals surface area contributed by atoms with E-state index in [1.165, 1.54) is 94.9 Å². The zero-order chi connectivity index (χ0) is 26.1. The largest absolute Gasteiger partial charge is 0.426 e. The first kappa shape index (κ1) is 31.2. The highest BCUT2D eigenvalue weighted by Crippen LogP contribution is 2.18. The third-order valence-electron chi connectivity index (χ3n) is 5.99. The number of esters is 1. The van der Waals surface area contributed by atoms with Crippen LogP contribution < -0.4 is 4.74 Å². The molecule has 0 radical (unpaired) electrons. The predicted molar refractivity (Wildman–Crippen MR) is 148 cm³/mol. The van der Waals surface area contributed by atoms with Crippen LogP contribution in [0.15, 0.2) is 24.3 Å². The van der Waals surface area contributed by atoms with Crippen molar-refractivity contribution in [3.05, 3.63) is 34.4 Å². The fraction of sp³-hybridized carbons (Fsp3) is 0.645. The van der Waals surface area contributed by atoms with Crippen LogP contribution in [0.5, 0.6) is 5.75 Å². The Balaban J connectivity index is 1.88. The molecule has 198 valence electrons. The van der Waals surface area contributed by atoms with E-state index in [0.29, 0.717) is 12.2 Å². The minimum absolute atomic E-state index is 0.0341. The molecule has 0 atom stereocenters. The number of carbonyl (C=O) groups excluding carboxylic acids is 1. The van der Waals surface area contributed by atoms with E-state index in [9.17, 15) is 14.9 Å². The van der Waals surface area contributed by atoms with Crippen molar-refractivity contribution >= 4 is 11.7 Å². The molecule has 0 saturated heterocycles. The Hall–Kier alpha value is -2.79. The Morgan fingerprint density at radius 1 is 0.694 bits per heavy atom. The van der Waals surface area contributed by atoms with Crippen molar-refractivity contribution in [3.63, 3.8) is 0 Å². The Kier molecular flexibility index (Phi) is 19.7. The number of nitro groups is 1. The average molecular weight is 496 g/mol. The molecule has 5 nitrogen and oxygen atoms in total.